The summed E-state index contributed by atoms with van der Waals surface area (Å²) >= 11 is 0. The first-order chi connectivity index (χ1) is 7.61. The number of hydrogen-bond acceptors (Lipinski definition) is 2. The van der Waals surface area contributed by atoms with Gasteiger partial charge in [-0.15, -0.1) is 0 Å². The second kappa shape index (κ2) is 9.00. The third kappa shape index (κ3) is 6.49. The van der Waals surface area contributed by atoms with Gasteiger partial charge in [0.25, 0.3) is 0 Å². The molecule has 0 radical (unpaired) electrons. The maximum Gasteiger partial charge on any atom is 0.0496 e. The van der Waals surface area contributed by atoms with Crippen molar-refractivity contribution < 1.29 is 5.11 Å². The van der Waals surface area contributed by atoms with Gasteiger partial charge in [0.15, 0.2) is 0 Å². The Morgan fingerprint density at radius 2 is 1.81 bits per heavy atom. The van der Waals surface area contributed by atoms with Crippen molar-refractivity contribution in [1.29, 1.82) is 0 Å². The molecule has 98 valence electrons. The Morgan fingerprint density at radius 1 is 1.12 bits per heavy atom. The van der Waals surface area contributed by atoms with Gasteiger partial charge in [0.05, 0.1) is 0 Å². The van der Waals surface area contributed by atoms with E-state index in [1.54, 1.807) is 0 Å². The molecular formula is C14H31NO. The smallest absolute Gasteiger partial charge is 0.0496 e. The molecule has 0 aliphatic rings. The summed E-state index contributed by atoms with van der Waals surface area (Å²) in [4.78, 5) is 0. The van der Waals surface area contributed by atoms with Crippen molar-refractivity contribution in [3.8, 4) is 0 Å². The average molecular weight is 229 g/mol. The predicted octanol–water partition coefficient (Wildman–Crippen LogP) is 3.34. The highest BCUT2D eigenvalue weighted by atomic mass is 16.3. The van der Waals surface area contributed by atoms with Crippen molar-refractivity contribution in [2.75, 3.05) is 13.2 Å². The summed E-state index contributed by atoms with van der Waals surface area (Å²) in [5, 5.41) is 13.0. The third-order valence-corrected chi connectivity index (χ3v) is 3.60. The Balaban J connectivity index is 3.98. The van der Waals surface area contributed by atoms with Crippen LogP contribution in [0.4, 0.5) is 0 Å². The van der Waals surface area contributed by atoms with Crippen LogP contribution in [0.15, 0.2) is 0 Å². The molecule has 0 amide bonds. The van der Waals surface area contributed by atoms with Crippen molar-refractivity contribution in [2.45, 2.75) is 72.3 Å². The van der Waals surface area contributed by atoms with Crippen molar-refractivity contribution >= 4 is 0 Å². The molecule has 0 spiro atoms. The van der Waals surface area contributed by atoms with Crippen molar-refractivity contribution in [1.82, 2.24) is 5.32 Å². The standard InChI is InChI=1S/C14H31NO/c1-5-8-10-13(9-6-2)15-11-14(4,7-3)12-16/h13,15-16H,5-12H2,1-4H3. The third-order valence-electron chi connectivity index (χ3n) is 3.60. The Labute approximate surface area is 102 Å². The molecule has 2 heteroatoms. The van der Waals surface area contributed by atoms with Gasteiger partial charge >= 0.3 is 0 Å². The van der Waals surface area contributed by atoms with E-state index in [0.29, 0.717) is 6.04 Å². The van der Waals surface area contributed by atoms with Gasteiger partial charge in [0, 0.05) is 24.6 Å². The molecule has 0 aliphatic carbocycles. The highest BCUT2D eigenvalue weighted by molar-refractivity contribution is 4.77. The van der Waals surface area contributed by atoms with E-state index in [-0.39, 0.29) is 12.0 Å². The predicted molar refractivity (Wildman–Crippen MR) is 71.7 cm³/mol. The minimum atomic E-state index is 0.0538. The van der Waals surface area contributed by atoms with E-state index in [4.69, 9.17) is 0 Å². The van der Waals surface area contributed by atoms with Crippen LogP contribution in [0.3, 0.4) is 0 Å². The second-order valence-corrected chi connectivity index (χ2v) is 5.33. The van der Waals surface area contributed by atoms with Gasteiger partial charge in [0.1, 0.15) is 0 Å². The zero-order valence-corrected chi connectivity index (χ0v) is 11.7. The molecular weight excluding hydrogens is 198 g/mol. The highest BCUT2D eigenvalue weighted by Crippen LogP contribution is 2.19. The molecule has 0 aromatic carbocycles. The highest BCUT2D eigenvalue weighted by Gasteiger charge is 2.21. The summed E-state index contributed by atoms with van der Waals surface area (Å²) in [5.41, 5.74) is 0.0538. The molecule has 0 rings (SSSR count). The van der Waals surface area contributed by atoms with Crippen LogP contribution >= 0.6 is 0 Å². The summed E-state index contributed by atoms with van der Waals surface area (Å²) < 4.78 is 0. The molecule has 0 saturated carbocycles. The van der Waals surface area contributed by atoms with E-state index in [1.165, 1.54) is 32.1 Å². The minimum absolute atomic E-state index is 0.0538. The van der Waals surface area contributed by atoms with E-state index < -0.39 is 0 Å². The lowest BCUT2D eigenvalue weighted by Crippen LogP contribution is -2.40. The van der Waals surface area contributed by atoms with Crippen LogP contribution in [0.5, 0.6) is 0 Å². The van der Waals surface area contributed by atoms with Gasteiger partial charge in [-0.05, 0) is 19.3 Å². The molecule has 0 aliphatic heterocycles. The summed E-state index contributed by atoms with van der Waals surface area (Å²) in [6.45, 7) is 10.0. The van der Waals surface area contributed by atoms with Crippen molar-refractivity contribution in [2.24, 2.45) is 5.41 Å². The van der Waals surface area contributed by atoms with Crippen LogP contribution in [-0.4, -0.2) is 24.3 Å². The SMILES string of the molecule is CCCCC(CCC)NCC(C)(CC)CO. The lowest BCUT2D eigenvalue weighted by Gasteiger charge is -2.29. The zero-order chi connectivity index (χ0) is 12.4. The molecule has 16 heavy (non-hydrogen) atoms. The molecule has 0 fully saturated rings. The molecule has 2 nitrogen and oxygen atoms in total. The lowest BCUT2D eigenvalue weighted by atomic mass is 9.88. The Morgan fingerprint density at radius 3 is 2.25 bits per heavy atom. The van der Waals surface area contributed by atoms with Crippen LogP contribution < -0.4 is 5.32 Å². The van der Waals surface area contributed by atoms with E-state index in [0.717, 1.165) is 13.0 Å². The van der Waals surface area contributed by atoms with Crippen LogP contribution in [0.2, 0.25) is 0 Å². The number of nitrogens with one attached hydrogen (secondary N) is 1. The molecule has 0 aromatic heterocycles. The molecule has 0 aromatic rings. The fourth-order valence-corrected chi connectivity index (χ4v) is 1.83. The topological polar surface area (TPSA) is 32.3 Å². The Kier molecular flexibility index (Phi) is 8.96. The second-order valence-electron chi connectivity index (χ2n) is 5.33. The average Bonchev–Trinajstić information content (AvgIpc) is 2.32. The molecule has 2 unspecified atom stereocenters. The van der Waals surface area contributed by atoms with Gasteiger partial charge in [-0.3, -0.25) is 0 Å². The number of aliphatic hydroxyl groups is 1. The lowest BCUT2D eigenvalue weighted by molar-refractivity contribution is 0.130. The summed E-state index contributed by atoms with van der Waals surface area (Å²) in [7, 11) is 0. The van der Waals surface area contributed by atoms with Gasteiger partial charge in [-0.2, -0.15) is 0 Å². The van der Waals surface area contributed by atoms with Crippen LogP contribution in [0, 0.1) is 5.41 Å². The monoisotopic (exact) mass is 229 g/mol. The molecule has 2 N–H and O–H groups in total. The number of aliphatic hydroxyl groups excluding tert-OH is 1. The van der Waals surface area contributed by atoms with E-state index in [9.17, 15) is 5.11 Å². The summed E-state index contributed by atoms with van der Waals surface area (Å²) in [5.74, 6) is 0. The first kappa shape index (κ1) is 15.9. The van der Waals surface area contributed by atoms with Gasteiger partial charge in [-0.25, -0.2) is 0 Å². The maximum atomic E-state index is 9.36. The summed E-state index contributed by atoms with van der Waals surface area (Å²) in [6, 6.07) is 0.641. The normalized spacial score (nSPS) is 17.1. The van der Waals surface area contributed by atoms with Crippen LogP contribution in [0.25, 0.3) is 0 Å². The maximum absolute atomic E-state index is 9.36. The fourth-order valence-electron chi connectivity index (χ4n) is 1.83. The van der Waals surface area contributed by atoms with Crippen LogP contribution in [0.1, 0.15) is 66.2 Å². The Bertz CT molecular complexity index is 155. The quantitative estimate of drug-likeness (QED) is 0.602. The molecule has 0 bridgehead atoms. The molecule has 0 saturated heterocycles. The Hall–Kier alpha value is -0.0800. The first-order valence-corrected chi connectivity index (χ1v) is 6.96. The van der Waals surface area contributed by atoms with Gasteiger partial charge in [-0.1, -0.05) is 47.0 Å². The van der Waals surface area contributed by atoms with E-state index >= 15 is 0 Å². The number of unbranched alkanes of at least 4 members (excludes halogenated alkanes) is 1. The van der Waals surface area contributed by atoms with Gasteiger partial charge in [0.2, 0.25) is 0 Å². The number of hydrogen-bond donors (Lipinski definition) is 2. The fraction of sp³-hybridized carbons (Fsp3) is 1.00. The largest absolute Gasteiger partial charge is 0.396 e. The summed E-state index contributed by atoms with van der Waals surface area (Å²) in [6.07, 6.45) is 7.37. The van der Waals surface area contributed by atoms with Gasteiger partial charge < -0.3 is 10.4 Å². The van der Waals surface area contributed by atoms with Crippen LogP contribution in [-0.2, 0) is 0 Å². The van der Waals surface area contributed by atoms with E-state index in [1.807, 2.05) is 0 Å². The minimum Gasteiger partial charge on any atom is -0.396 e. The number of rotatable bonds is 10. The van der Waals surface area contributed by atoms with Crippen molar-refractivity contribution in [3.05, 3.63) is 0 Å². The van der Waals surface area contributed by atoms with E-state index in [2.05, 4.69) is 33.0 Å². The molecule has 0 heterocycles. The molecule has 2 atom stereocenters. The zero-order valence-electron chi connectivity index (χ0n) is 11.7. The van der Waals surface area contributed by atoms with Crippen molar-refractivity contribution in [3.63, 3.8) is 0 Å². The first-order valence-electron chi connectivity index (χ1n) is 6.96.